The van der Waals surface area contributed by atoms with E-state index in [9.17, 15) is 0 Å². The maximum Gasteiger partial charge on any atom is 0.402 e. The predicted octanol–water partition coefficient (Wildman–Crippen LogP) is -0.379. The molecule has 0 saturated heterocycles. The first-order valence-electron chi connectivity index (χ1n) is 0.716. The van der Waals surface area contributed by atoms with Crippen LogP contribution in [-0.4, -0.2) is 11.2 Å². The van der Waals surface area contributed by atoms with Crippen LogP contribution in [0.4, 0.5) is 4.79 Å². The summed E-state index contributed by atoms with van der Waals surface area (Å²) in [4.78, 5) is 8.78. The number of nitrogens with two attached hydrogens (primary N) is 1. The van der Waals surface area contributed by atoms with Gasteiger partial charge in [-0.15, -0.1) is 0 Å². The number of amides is 1. The second-order valence-corrected chi connectivity index (χ2v) is 0.338. The summed E-state index contributed by atoms with van der Waals surface area (Å²) in [5.74, 6) is 0. The number of carboxylic acid groups (broad SMARTS) is 1. The van der Waals surface area contributed by atoms with Crippen molar-refractivity contribution >= 4 is 6.09 Å². The topological polar surface area (TPSA) is 63.3 Å². The van der Waals surface area contributed by atoms with Crippen LogP contribution in [0.2, 0.25) is 0 Å². The van der Waals surface area contributed by atoms with Gasteiger partial charge in [0.1, 0.15) is 0 Å². The molecule has 0 bridgehead atoms. The molecule has 0 saturated carbocycles. The monoisotopic (exact) mass is 120 g/mol. The van der Waals surface area contributed by atoms with Gasteiger partial charge in [-0.3, -0.25) is 0 Å². The van der Waals surface area contributed by atoms with E-state index in [1.54, 1.807) is 0 Å². The minimum absolute atomic E-state index is 0. The van der Waals surface area contributed by atoms with Crippen molar-refractivity contribution in [2.45, 2.75) is 0 Å². The van der Waals surface area contributed by atoms with Crippen LogP contribution in [-0.2, 0) is 16.8 Å². The van der Waals surface area contributed by atoms with Gasteiger partial charge in [-0.25, -0.2) is 4.79 Å². The van der Waals surface area contributed by atoms with Gasteiger partial charge in [-0.05, 0) is 0 Å². The zero-order valence-corrected chi connectivity index (χ0v) is 3.31. The molecule has 0 aromatic rings. The van der Waals surface area contributed by atoms with Gasteiger partial charge in [0.25, 0.3) is 0 Å². The quantitative estimate of drug-likeness (QED) is 0.457. The minimum atomic E-state index is -1.33. The largest absolute Gasteiger partial charge is 0.465 e. The maximum atomic E-state index is 8.78. The van der Waals surface area contributed by atoms with Gasteiger partial charge < -0.3 is 10.8 Å². The van der Waals surface area contributed by atoms with E-state index in [4.69, 9.17) is 9.90 Å². The molecule has 0 unspecified atom stereocenters. The number of rotatable bonds is 0. The van der Waals surface area contributed by atoms with Crippen LogP contribution in [0.1, 0.15) is 0 Å². The molecular formula is CH3CoNO2. The van der Waals surface area contributed by atoms with E-state index >= 15 is 0 Å². The molecule has 0 rings (SSSR count). The van der Waals surface area contributed by atoms with Crippen LogP contribution in [0, 0.1) is 0 Å². The number of primary amides is 1. The fourth-order valence-electron chi connectivity index (χ4n) is 0. The smallest absolute Gasteiger partial charge is 0.402 e. The van der Waals surface area contributed by atoms with Crippen molar-refractivity contribution in [3.8, 4) is 0 Å². The van der Waals surface area contributed by atoms with Crippen molar-refractivity contribution in [1.29, 1.82) is 0 Å². The van der Waals surface area contributed by atoms with Crippen molar-refractivity contribution in [3.63, 3.8) is 0 Å². The molecular weight excluding hydrogens is 117 g/mol. The molecule has 1 radical (unpaired) electrons. The molecule has 4 heteroatoms. The minimum Gasteiger partial charge on any atom is -0.465 e. The molecule has 0 fully saturated rings. The molecule has 5 heavy (non-hydrogen) atoms. The second kappa shape index (κ2) is 3.78. The molecule has 1 amide bonds. The third-order valence-electron chi connectivity index (χ3n) is 0. The Kier molecular flexibility index (Phi) is 6.67. The second-order valence-electron chi connectivity index (χ2n) is 0.338. The van der Waals surface area contributed by atoms with Gasteiger partial charge in [-0.1, -0.05) is 0 Å². The Labute approximate surface area is 39.4 Å². The van der Waals surface area contributed by atoms with Gasteiger partial charge in [0.2, 0.25) is 0 Å². The summed E-state index contributed by atoms with van der Waals surface area (Å²) in [5.41, 5.74) is 4.03. The third kappa shape index (κ3) is 239. The molecule has 0 spiro atoms. The van der Waals surface area contributed by atoms with Gasteiger partial charge in [-0.2, -0.15) is 0 Å². The first kappa shape index (κ1) is 8.84. The van der Waals surface area contributed by atoms with E-state index < -0.39 is 6.09 Å². The third-order valence-corrected chi connectivity index (χ3v) is 0. The first-order valence-corrected chi connectivity index (χ1v) is 0.716. The summed E-state index contributed by atoms with van der Waals surface area (Å²) in [7, 11) is 0. The summed E-state index contributed by atoms with van der Waals surface area (Å²) in [6, 6.07) is 0. The fraction of sp³-hybridized carbons (Fsp3) is 0. The van der Waals surface area contributed by atoms with Gasteiger partial charge in [0.15, 0.2) is 0 Å². The molecule has 33 valence electrons. The van der Waals surface area contributed by atoms with Gasteiger partial charge in [0.05, 0.1) is 0 Å². The van der Waals surface area contributed by atoms with E-state index in [-0.39, 0.29) is 16.8 Å². The fourth-order valence-corrected chi connectivity index (χ4v) is 0. The number of hydrogen-bond acceptors (Lipinski definition) is 1. The van der Waals surface area contributed by atoms with Crippen LogP contribution in [0.25, 0.3) is 0 Å². The Hall–Kier alpha value is -0.224. The summed E-state index contributed by atoms with van der Waals surface area (Å²) in [6.45, 7) is 0. The normalized spacial score (nSPS) is 4.80. The Morgan fingerprint density at radius 3 is 1.80 bits per heavy atom. The van der Waals surface area contributed by atoms with E-state index in [0.717, 1.165) is 0 Å². The van der Waals surface area contributed by atoms with Crippen LogP contribution in [0.15, 0.2) is 0 Å². The average molecular weight is 120 g/mol. The van der Waals surface area contributed by atoms with Crippen LogP contribution >= 0.6 is 0 Å². The Morgan fingerprint density at radius 1 is 1.80 bits per heavy atom. The summed E-state index contributed by atoms with van der Waals surface area (Å²) >= 11 is 0. The van der Waals surface area contributed by atoms with E-state index in [1.165, 1.54) is 0 Å². The molecule has 0 aliphatic rings. The molecule has 0 aromatic carbocycles. The molecule has 3 nitrogen and oxygen atoms in total. The molecule has 0 heterocycles. The first-order chi connectivity index (χ1) is 1.73. The Balaban J connectivity index is 0. The zero-order chi connectivity index (χ0) is 3.58. The van der Waals surface area contributed by atoms with Crippen molar-refractivity contribution in [2.75, 3.05) is 0 Å². The van der Waals surface area contributed by atoms with Crippen molar-refractivity contribution in [1.82, 2.24) is 0 Å². The standard InChI is InChI=1S/CH3NO2.Co/c2-1(3)4;/h2H2,(H,3,4);. The van der Waals surface area contributed by atoms with Crippen LogP contribution in [0.3, 0.4) is 0 Å². The van der Waals surface area contributed by atoms with E-state index in [2.05, 4.69) is 5.73 Å². The summed E-state index contributed by atoms with van der Waals surface area (Å²) < 4.78 is 0. The van der Waals surface area contributed by atoms with Crippen LogP contribution < -0.4 is 5.73 Å². The molecule has 0 aliphatic carbocycles. The number of hydrogen-bond donors (Lipinski definition) is 2. The van der Waals surface area contributed by atoms with Gasteiger partial charge in [0, 0.05) is 16.8 Å². The maximum absolute atomic E-state index is 8.78. The Morgan fingerprint density at radius 2 is 1.80 bits per heavy atom. The average Bonchev–Trinajstić information content (AvgIpc) is 0.811. The van der Waals surface area contributed by atoms with E-state index in [1.807, 2.05) is 0 Å². The molecule has 0 aliphatic heterocycles. The van der Waals surface area contributed by atoms with Crippen LogP contribution in [0.5, 0.6) is 0 Å². The summed E-state index contributed by atoms with van der Waals surface area (Å²) in [5, 5.41) is 7.19. The van der Waals surface area contributed by atoms with Crippen molar-refractivity contribution in [3.05, 3.63) is 0 Å². The molecule has 3 N–H and O–H groups in total. The van der Waals surface area contributed by atoms with E-state index in [0.29, 0.717) is 0 Å². The van der Waals surface area contributed by atoms with Gasteiger partial charge >= 0.3 is 6.09 Å². The summed E-state index contributed by atoms with van der Waals surface area (Å²) in [6.07, 6.45) is -1.33. The molecule has 0 aromatic heterocycles. The molecule has 0 atom stereocenters. The van der Waals surface area contributed by atoms with Crippen molar-refractivity contribution < 1.29 is 26.7 Å². The number of carbonyl (C=O) groups is 1. The van der Waals surface area contributed by atoms with Crippen molar-refractivity contribution in [2.24, 2.45) is 5.73 Å². The SMILES string of the molecule is NC(=O)O.[Co]. The predicted molar refractivity (Wildman–Crippen MR) is 12.2 cm³/mol. The Bertz CT molecular complexity index is 32.6. The zero-order valence-electron chi connectivity index (χ0n) is 2.27.